The van der Waals surface area contributed by atoms with Gasteiger partial charge in [-0.05, 0) is 30.9 Å². The van der Waals surface area contributed by atoms with E-state index in [4.69, 9.17) is 11.6 Å². The molecule has 0 bridgehead atoms. The van der Waals surface area contributed by atoms with Crippen LogP contribution in [0.5, 0.6) is 0 Å². The summed E-state index contributed by atoms with van der Waals surface area (Å²) in [7, 11) is 0. The Morgan fingerprint density at radius 1 is 1.47 bits per heavy atom. The largest absolute Gasteiger partial charge is 0.357 e. The highest BCUT2D eigenvalue weighted by Gasteiger charge is 2.37. The number of hydrogen-bond donors (Lipinski definition) is 1. The topological polar surface area (TPSA) is 32.3 Å². The van der Waals surface area contributed by atoms with E-state index >= 15 is 0 Å². The number of amides is 1. The number of para-hydroxylation sites is 1. The number of anilines is 2. The predicted molar refractivity (Wildman–Crippen MR) is 69.6 cm³/mol. The molecule has 2 atom stereocenters. The van der Waals surface area contributed by atoms with Crippen LogP contribution >= 0.6 is 11.6 Å². The standard InChI is InChI=1S/C13H15ClN2O/c1-8-5-6-16-11(7-8)13(17)15-10-4-2-3-9(14)12(10)16/h2-4,8,11H,5-7H2,1H3,(H,15,17). The fourth-order valence-electron chi connectivity index (χ4n) is 2.78. The van der Waals surface area contributed by atoms with Crippen LogP contribution < -0.4 is 10.2 Å². The molecular weight excluding hydrogens is 236 g/mol. The highest BCUT2D eigenvalue weighted by molar-refractivity contribution is 6.34. The summed E-state index contributed by atoms with van der Waals surface area (Å²) in [6.07, 6.45) is 2.03. The van der Waals surface area contributed by atoms with Crippen molar-refractivity contribution >= 4 is 28.9 Å². The molecule has 2 aliphatic heterocycles. The van der Waals surface area contributed by atoms with Gasteiger partial charge >= 0.3 is 0 Å². The van der Waals surface area contributed by atoms with E-state index in [0.29, 0.717) is 5.92 Å². The molecule has 1 saturated heterocycles. The first-order valence-electron chi connectivity index (χ1n) is 6.03. The molecule has 0 aromatic heterocycles. The Morgan fingerprint density at radius 2 is 2.29 bits per heavy atom. The first kappa shape index (κ1) is 10.9. The zero-order valence-electron chi connectivity index (χ0n) is 9.74. The van der Waals surface area contributed by atoms with Crippen LogP contribution in [0.1, 0.15) is 19.8 Å². The number of carbonyl (C=O) groups excluding carboxylic acids is 1. The minimum atomic E-state index is -0.0499. The molecule has 1 aromatic rings. The third kappa shape index (κ3) is 1.69. The Labute approximate surface area is 106 Å². The van der Waals surface area contributed by atoms with Crippen molar-refractivity contribution in [3.63, 3.8) is 0 Å². The normalized spacial score (nSPS) is 27.2. The minimum absolute atomic E-state index is 0.0499. The van der Waals surface area contributed by atoms with Crippen molar-refractivity contribution in [2.45, 2.75) is 25.8 Å². The number of benzene rings is 1. The summed E-state index contributed by atoms with van der Waals surface area (Å²) < 4.78 is 0. The van der Waals surface area contributed by atoms with E-state index in [-0.39, 0.29) is 11.9 Å². The van der Waals surface area contributed by atoms with Gasteiger partial charge in [-0.25, -0.2) is 0 Å². The van der Waals surface area contributed by atoms with E-state index in [1.54, 1.807) is 0 Å². The second-order valence-electron chi connectivity index (χ2n) is 4.96. The number of nitrogens with one attached hydrogen (secondary N) is 1. The number of nitrogens with zero attached hydrogens (tertiary/aromatic N) is 1. The zero-order valence-corrected chi connectivity index (χ0v) is 10.5. The number of halogens is 1. The maximum atomic E-state index is 12.1. The van der Waals surface area contributed by atoms with Crippen LogP contribution in [0.4, 0.5) is 11.4 Å². The van der Waals surface area contributed by atoms with Crippen LogP contribution in [0.15, 0.2) is 18.2 Å². The average molecular weight is 251 g/mol. The highest BCUT2D eigenvalue weighted by atomic mass is 35.5. The second-order valence-corrected chi connectivity index (χ2v) is 5.37. The Morgan fingerprint density at radius 3 is 3.12 bits per heavy atom. The van der Waals surface area contributed by atoms with Crippen molar-refractivity contribution in [1.29, 1.82) is 0 Å². The van der Waals surface area contributed by atoms with E-state index in [1.165, 1.54) is 0 Å². The molecule has 1 aromatic carbocycles. The van der Waals surface area contributed by atoms with Gasteiger partial charge in [0.25, 0.3) is 0 Å². The molecule has 2 unspecified atom stereocenters. The summed E-state index contributed by atoms with van der Waals surface area (Å²) in [5.41, 5.74) is 1.83. The van der Waals surface area contributed by atoms with Crippen LogP contribution in [-0.2, 0) is 4.79 Å². The van der Waals surface area contributed by atoms with Crippen LogP contribution in [0.2, 0.25) is 5.02 Å². The van der Waals surface area contributed by atoms with Crippen molar-refractivity contribution in [2.24, 2.45) is 5.92 Å². The molecule has 3 nitrogen and oxygen atoms in total. The highest BCUT2D eigenvalue weighted by Crippen LogP contribution is 2.41. The fourth-order valence-corrected chi connectivity index (χ4v) is 3.06. The van der Waals surface area contributed by atoms with Crippen LogP contribution in [0.25, 0.3) is 0 Å². The lowest BCUT2D eigenvalue weighted by molar-refractivity contribution is -0.118. The number of carbonyl (C=O) groups is 1. The molecule has 0 radical (unpaired) electrons. The first-order chi connectivity index (χ1) is 8.16. The maximum absolute atomic E-state index is 12.1. The van der Waals surface area contributed by atoms with Crippen LogP contribution in [-0.4, -0.2) is 18.5 Å². The van der Waals surface area contributed by atoms with Crippen molar-refractivity contribution in [3.8, 4) is 0 Å². The van der Waals surface area contributed by atoms with Gasteiger partial charge in [-0.15, -0.1) is 0 Å². The van der Waals surface area contributed by atoms with Crippen molar-refractivity contribution < 1.29 is 4.79 Å². The molecular formula is C13H15ClN2O. The lowest BCUT2D eigenvalue weighted by Gasteiger charge is -2.43. The Bertz CT molecular complexity index is 474. The molecule has 0 spiro atoms. The SMILES string of the molecule is CC1CCN2c3c(Cl)cccc3NC(=O)C2C1. The number of hydrogen-bond acceptors (Lipinski definition) is 2. The lowest BCUT2D eigenvalue weighted by Crippen LogP contribution is -2.52. The smallest absolute Gasteiger partial charge is 0.247 e. The van der Waals surface area contributed by atoms with Crippen LogP contribution in [0.3, 0.4) is 0 Å². The van der Waals surface area contributed by atoms with E-state index in [2.05, 4.69) is 17.1 Å². The first-order valence-corrected chi connectivity index (χ1v) is 6.40. The average Bonchev–Trinajstić information content (AvgIpc) is 2.30. The summed E-state index contributed by atoms with van der Waals surface area (Å²) in [5, 5.41) is 3.68. The molecule has 0 aliphatic carbocycles. The van der Waals surface area contributed by atoms with Gasteiger partial charge in [0.05, 0.1) is 16.4 Å². The number of fused-ring (bicyclic) bond motifs is 3. The molecule has 4 heteroatoms. The van der Waals surface area contributed by atoms with Gasteiger partial charge in [-0.1, -0.05) is 24.6 Å². The minimum Gasteiger partial charge on any atom is -0.357 e. The van der Waals surface area contributed by atoms with Gasteiger partial charge in [0.1, 0.15) is 6.04 Å². The van der Waals surface area contributed by atoms with Gasteiger partial charge in [0.15, 0.2) is 0 Å². The van der Waals surface area contributed by atoms with Gasteiger partial charge in [0, 0.05) is 6.54 Å². The molecule has 1 N–H and O–H groups in total. The molecule has 17 heavy (non-hydrogen) atoms. The van der Waals surface area contributed by atoms with E-state index in [1.807, 2.05) is 18.2 Å². The summed E-state index contributed by atoms with van der Waals surface area (Å²) in [6.45, 7) is 3.11. The monoisotopic (exact) mass is 250 g/mol. The molecule has 90 valence electrons. The molecule has 2 heterocycles. The van der Waals surface area contributed by atoms with Crippen LogP contribution in [0, 0.1) is 5.92 Å². The summed E-state index contributed by atoms with van der Waals surface area (Å²) in [5.74, 6) is 0.706. The van der Waals surface area contributed by atoms with Crippen molar-refractivity contribution in [1.82, 2.24) is 0 Å². The number of piperidine rings is 1. The molecule has 1 fully saturated rings. The van der Waals surface area contributed by atoms with E-state index < -0.39 is 0 Å². The molecule has 0 saturated carbocycles. The predicted octanol–water partition coefficient (Wildman–Crippen LogP) is 2.90. The number of rotatable bonds is 0. The molecule has 2 aliphatic rings. The Kier molecular flexibility index (Phi) is 2.51. The van der Waals surface area contributed by atoms with Gasteiger partial charge < -0.3 is 10.2 Å². The van der Waals surface area contributed by atoms with Crippen molar-refractivity contribution in [2.75, 3.05) is 16.8 Å². The van der Waals surface area contributed by atoms with E-state index in [9.17, 15) is 4.79 Å². The molecule has 3 rings (SSSR count). The summed E-state index contributed by atoms with van der Waals surface area (Å²) in [6, 6.07) is 5.61. The van der Waals surface area contributed by atoms with Gasteiger partial charge in [-0.3, -0.25) is 4.79 Å². The third-order valence-corrected chi connectivity index (χ3v) is 4.00. The molecule has 1 amide bonds. The lowest BCUT2D eigenvalue weighted by atomic mass is 9.90. The fraction of sp³-hybridized carbons (Fsp3) is 0.462. The van der Waals surface area contributed by atoms with Gasteiger partial charge in [0.2, 0.25) is 5.91 Å². The third-order valence-electron chi connectivity index (χ3n) is 3.70. The Balaban J connectivity index is 2.06. The summed E-state index contributed by atoms with van der Waals surface area (Å²) >= 11 is 6.25. The second kappa shape index (κ2) is 3.91. The van der Waals surface area contributed by atoms with Gasteiger partial charge in [-0.2, -0.15) is 0 Å². The zero-order chi connectivity index (χ0) is 12.0. The Hall–Kier alpha value is -1.22. The maximum Gasteiger partial charge on any atom is 0.247 e. The quantitative estimate of drug-likeness (QED) is 0.768. The summed E-state index contributed by atoms with van der Waals surface area (Å²) in [4.78, 5) is 14.2. The van der Waals surface area contributed by atoms with Crippen molar-refractivity contribution in [3.05, 3.63) is 23.2 Å². The van der Waals surface area contributed by atoms with E-state index in [0.717, 1.165) is 35.8 Å².